The number of phenolic OH excluding ortho intramolecular Hbond substituents is 1. The molecule has 3 N–H and O–H groups in total. The Balaban J connectivity index is 1.97. The van der Waals surface area contributed by atoms with Crippen molar-refractivity contribution in [3.63, 3.8) is 0 Å². The summed E-state index contributed by atoms with van der Waals surface area (Å²) in [6, 6.07) is 10.0. The first-order valence-corrected chi connectivity index (χ1v) is 7.50. The van der Waals surface area contributed by atoms with E-state index in [4.69, 9.17) is 4.74 Å². The third-order valence-electron chi connectivity index (χ3n) is 3.64. The number of rotatable bonds is 4. The predicted molar refractivity (Wildman–Crippen MR) is 94.9 cm³/mol. The monoisotopic (exact) mass is 341 g/mol. The Labute approximate surface area is 145 Å². The summed E-state index contributed by atoms with van der Waals surface area (Å²) in [4.78, 5) is 23.7. The number of methoxy groups -OCH3 is 1. The smallest absolute Gasteiger partial charge is 0.329 e. The lowest BCUT2D eigenvalue weighted by atomic mass is 10.1. The summed E-state index contributed by atoms with van der Waals surface area (Å²) in [6.07, 6.45) is 1.34. The molecule has 0 bridgehead atoms. The van der Waals surface area contributed by atoms with Crippen LogP contribution in [0.2, 0.25) is 0 Å². The minimum atomic E-state index is -0.886. The number of benzene rings is 2. The number of aromatic hydroxyl groups is 1. The fourth-order valence-corrected chi connectivity index (χ4v) is 2.06. The van der Waals surface area contributed by atoms with E-state index < -0.39 is 11.8 Å². The summed E-state index contributed by atoms with van der Waals surface area (Å²) in [5.74, 6) is -1.42. The Morgan fingerprint density at radius 1 is 1.16 bits per heavy atom. The number of carbonyl (C=O) groups is 2. The van der Waals surface area contributed by atoms with Gasteiger partial charge in [0, 0.05) is 5.69 Å². The van der Waals surface area contributed by atoms with Crippen LogP contribution in [0.1, 0.15) is 16.7 Å². The zero-order chi connectivity index (χ0) is 18.4. The zero-order valence-corrected chi connectivity index (χ0v) is 14.2. The fourth-order valence-electron chi connectivity index (χ4n) is 2.06. The van der Waals surface area contributed by atoms with Gasteiger partial charge in [0.1, 0.15) is 0 Å². The summed E-state index contributed by atoms with van der Waals surface area (Å²) in [5, 5.41) is 15.8. The van der Waals surface area contributed by atoms with Gasteiger partial charge < -0.3 is 15.2 Å². The van der Waals surface area contributed by atoms with Crippen LogP contribution < -0.4 is 15.5 Å². The molecule has 0 atom stereocenters. The molecule has 0 heterocycles. The summed E-state index contributed by atoms with van der Waals surface area (Å²) in [6.45, 7) is 3.78. The van der Waals surface area contributed by atoms with E-state index in [1.807, 2.05) is 19.9 Å². The molecule has 0 aromatic heterocycles. The Kier molecular flexibility index (Phi) is 5.73. The van der Waals surface area contributed by atoms with Gasteiger partial charge >= 0.3 is 11.8 Å². The molecule has 2 aromatic rings. The van der Waals surface area contributed by atoms with Gasteiger partial charge in [0.15, 0.2) is 11.5 Å². The summed E-state index contributed by atoms with van der Waals surface area (Å²) in [5.41, 5.74) is 5.22. The van der Waals surface area contributed by atoms with Crippen molar-refractivity contribution in [3.8, 4) is 11.5 Å². The standard InChI is InChI=1S/C18H19N3O4/c1-11-5-4-6-14(12(11)2)20-17(23)18(24)21-19-10-13-7-8-15(22)16(9-13)25-3/h4-10,22H,1-3H3,(H,20,23)(H,21,24)/b19-10-. The summed E-state index contributed by atoms with van der Waals surface area (Å²) in [7, 11) is 1.43. The van der Waals surface area contributed by atoms with Crippen LogP contribution in [0.25, 0.3) is 0 Å². The van der Waals surface area contributed by atoms with Crippen molar-refractivity contribution in [2.45, 2.75) is 13.8 Å². The molecule has 0 spiro atoms. The first-order valence-electron chi connectivity index (χ1n) is 7.50. The van der Waals surface area contributed by atoms with Crippen LogP contribution >= 0.6 is 0 Å². The minimum Gasteiger partial charge on any atom is -0.504 e. The number of hydrogen-bond donors (Lipinski definition) is 3. The van der Waals surface area contributed by atoms with Gasteiger partial charge in [0.05, 0.1) is 13.3 Å². The maximum atomic E-state index is 11.9. The van der Waals surface area contributed by atoms with Crippen molar-refractivity contribution in [2.24, 2.45) is 5.10 Å². The van der Waals surface area contributed by atoms with E-state index in [9.17, 15) is 14.7 Å². The van der Waals surface area contributed by atoms with Gasteiger partial charge in [-0.3, -0.25) is 9.59 Å². The average Bonchev–Trinajstić information content (AvgIpc) is 2.60. The molecule has 2 rings (SSSR count). The molecule has 2 amide bonds. The average molecular weight is 341 g/mol. The number of ether oxygens (including phenoxy) is 1. The molecule has 0 aliphatic heterocycles. The van der Waals surface area contributed by atoms with Crippen LogP contribution in [0.3, 0.4) is 0 Å². The maximum absolute atomic E-state index is 11.9. The van der Waals surface area contributed by atoms with Gasteiger partial charge in [-0.15, -0.1) is 0 Å². The second kappa shape index (κ2) is 7.96. The van der Waals surface area contributed by atoms with Crippen molar-refractivity contribution >= 4 is 23.7 Å². The van der Waals surface area contributed by atoms with E-state index in [1.54, 1.807) is 24.3 Å². The van der Waals surface area contributed by atoms with Gasteiger partial charge in [-0.05, 0) is 54.8 Å². The lowest BCUT2D eigenvalue weighted by molar-refractivity contribution is -0.136. The Hall–Kier alpha value is -3.35. The fraction of sp³-hybridized carbons (Fsp3) is 0.167. The van der Waals surface area contributed by atoms with E-state index in [0.29, 0.717) is 11.3 Å². The molecule has 2 aromatic carbocycles. The van der Waals surface area contributed by atoms with Gasteiger partial charge in [-0.1, -0.05) is 12.1 Å². The Bertz CT molecular complexity index is 831. The van der Waals surface area contributed by atoms with Crippen molar-refractivity contribution in [1.29, 1.82) is 0 Å². The largest absolute Gasteiger partial charge is 0.504 e. The molecule has 7 nitrogen and oxygen atoms in total. The summed E-state index contributed by atoms with van der Waals surface area (Å²) >= 11 is 0. The van der Waals surface area contributed by atoms with Crippen molar-refractivity contribution in [3.05, 3.63) is 53.1 Å². The number of amides is 2. The molecule has 0 saturated heterocycles. The highest BCUT2D eigenvalue weighted by Crippen LogP contribution is 2.25. The molecule has 0 radical (unpaired) electrons. The second-order valence-electron chi connectivity index (χ2n) is 5.33. The van der Waals surface area contributed by atoms with E-state index in [0.717, 1.165) is 11.1 Å². The molecule has 0 fully saturated rings. The van der Waals surface area contributed by atoms with Crippen LogP contribution in [0.4, 0.5) is 5.69 Å². The minimum absolute atomic E-state index is 0.00316. The molecule has 25 heavy (non-hydrogen) atoms. The molecule has 7 heteroatoms. The van der Waals surface area contributed by atoms with Crippen molar-refractivity contribution < 1.29 is 19.4 Å². The van der Waals surface area contributed by atoms with E-state index in [2.05, 4.69) is 15.8 Å². The van der Waals surface area contributed by atoms with E-state index >= 15 is 0 Å². The molecule has 130 valence electrons. The molecular formula is C18H19N3O4. The topological polar surface area (TPSA) is 100 Å². The van der Waals surface area contributed by atoms with Crippen LogP contribution in [0, 0.1) is 13.8 Å². The second-order valence-corrected chi connectivity index (χ2v) is 5.33. The molecular weight excluding hydrogens is 322 g/mol. The predicted octanol–water partition coefficient (Wildman–Crippen LogP) is 2.11. The number of nitrogens with zero attached hydrogens (tertiary/aromatic N) is 1. The number of nitrogens with one attached hydrogen (secondary N) is 2. The van der Waals surface area contributed by atoms with Crippen LogP contribution in [-0.2, 0) is 9.59 Å². The normalized spacial score (nSPS) is 10.5. The van der Waals surface area contributed by atoms with Gasteiger partial charge in [0.25, 0.3) is 0 Å². The van der Waals surface area contributed by atoms with Gasteiger partial charge in [-0.2, -0.15) is 5.10 Å². The van der Waals surface area contributed by atoms with Crippen molar-refractivity contribution in [1.82, 2.24) is 5.43 Å². The van der Waals surface area contributed by atoms with E-state index in [-0.39, 0.29) is 11.5 Å². The highest BCUT2D eigenvalue weighted by Gasteiger charge is 2.14. The molecule has 0 aliphatic carbocycles. The third-order valence-corrected chi connectivity index (χ3v) is 3.64. The third kappa shape index (κ3) is 4.57. The lowest BCUT2D eigenvalue weighted by Crippen LogP contribution is -2.32. The van der Waals surface area contributed by atoms with Crippen LogP contribution in [0.5, 0.6) is 11.5 Å². The Morgan fingerprint density at radius 2 is 1.92 bits per heavy atom. The zero-order valence-electron chi connectivity index (χ0n) is 14.2. The van der Waals surface area contributed by atoms with Crippen LogP contribution in [-0.4, -0.2) is 30.2 Å². The number of phenols is 1. The number of anilines is 1. The van der Waals surface area contributed by atoms with Gasteiger partial charge in [0.2, 0.25) is 0 Å². The maximum Gasteiger partial charge on any atom is 0.329 e. The number of carbonyl (C=O) groups excluding carboxylic acids is 2. The first-order chi connectivity index (χ1) is 11.9. The highest BCUT2D eigenvalue weighted by molar-refractivity contribution is 6.39. The number of aryl methyl sites for hydroxylation is 1. The van der Waals surface area contributed by atoms with E-state index in [1.165, 1.54) is 19.4 Å². The SMILES string of the molecule is COc1cc(/C=N\NC(=O)C(=O)Nc2cccc(C)c2C)ccc1O. The Morgan fingerprint density at radius 3 is 2.64 bits per heavy atom. The highest BCUT2D eigenvalue weighted by atomic mass is 16.5. The first kappa shape index (κ1) is 18.0. The quantitative estimate of drug-likeness (QED) is 0.450. The molecule has 0 saturated carbocycles. The number of hydrogen-bond acceptors (Lipinski definition) is 5. The number of hydrazone groups is 1. The molecule has 0 aliphatic rings. The van der Waals surface area contributed by atoms with Crippen LogP contribution in [0.15, 0.2) is 41.5 Å². The lowest BCUT2D eigenvalue weighted by Gasteiger charge is -2.09. The molecule has 0 unspecified atom stereocenters. The van der Waals surface area contributed by atoms with Gasteiger partial charge in [-0.25, -0.2) is 5.43 Å². The van der Waals surface area contributed by atoms with Crippen molar-refractivity contribution in [2.75, 3.05) is 12.4 Å². The summed E-state index contributed by atoms with van der Waals surface area (Å²) < 4.78 is 4.98.